The quantitative estimate of drug-likeness (QED) is 0.536. The molecule has 0 unspecified atom stereocenters. The first-order valence-corrected chi connectivity index (χ1v) is 0. The van der Waals surface area contributed by atoms with E-state index in [1.165, 1.54) is 0 Å². The van der Waals surface area contributed by atoms with Gasteiger partial charge in [-0.15, -0.1) is 0 Å². The summed E-state index contributed by atoms with van der Waals surface area (Å²) in [5.41, 5.74) is 0. The Morgan fingerprint density at radius 1 is 0.444 bits per heavy atom. The van der Waals surface area contributed by atoms with Gasteiger partial charge in [-0.2, -0.15) is 0 Å². The summed E-state index contributed by atoms with van der Waals surface area (Å²) in [4.78, 5) is 0. The standard InChI is InChI=1S/2Cr.2Cu.4H2O.O/h;;;;4*1H2;/q2*+2;2*+1;;;;;-2/p-4. The first-order chi connectivity index (χ1) is 0. The van der Waals surface area contributed by atoms with Crippen molar-refractivity contribution < 1.29 is 96.2 Å². The maximum atomic E-state index is 0. The number of rotatable bonds is 0. The normalized spacial score (nSPS) is 0. The summed E-state index contributed by atoms with van der Waals surface area (Å²) in [5.74, 6) is 0. The molecular weight excluding hydrogens is 311 g/mol. The molecule has 68 valence electrons. The van der Waals surface area contributed by atoms with Crippen LogP contribution < -0.4 is 0 Å². The van der Waals surface area contributed by atoms with Gasteiger partial charge in [-0.05, 0) is 0 Å². The molecule has 4 N–H and O–H groups in total. The van der Waals surface area contributed by atoms with Gasteiger partial charge >= 0.3 is 68.9 Å². The SMILES string of the molecule is [Cr+2].[Cr+2].[Cu+].[Cu+].[O-2].[OH-].[OH-].[OH-].[OH-]. The van der Waals surface area contributed by atoms with Gasteiger partial charge in [0.15, 0.2) is 0 Å². The molecule has 9 heteroatoms. The van der Waals surface area contributed by atoms with Crippen LogP contribution in [-0.2, 0) is 74.3 Å². The van der Waals surface area contributed by atoms with E-state index in [-0.39, 0.29) is 96.2 Å². The van der Waals surface area contributed by atoms with Crippen LogP contribution in [0.5, 0.6) is 0 Å². The molecule has 0 atom stereocenters. The van der Waals surface area contributed by atoms with Crippen LogP contribution in [0.1, 0.15) is 0 Å². The minimum atomic E-state index is 0. The molecule has 0 saturated heterocycles. The third kappa shape index (κ3) is 171. The van der Waals surface area contributed by atoms with Gasteiger partial charge in [0.05, 0.1) is 0 Å². The molecule has 0 saturated carbocycles. The summed E-state index contributed by atoms with van der Waals surface area (Å²) >= 11 is 0. The maximum absolute atomic E-state index is 0. The van der Waals surface area contributed by atoms with Crippen molar-refractivity contribution in [2.75, 3.05) is 0 Å². The van der Waals surface area contributed by atoms with Crippen molar-refractivity contribution in [1.29, 1.82) is 0 Å². The Balaban J connectivity index is 0. The molecule has 0 aliphatic heterocycles. The largest absolute Gasteiger partial charge is 2.00 e. The van der Waals surface area contributed by atoms with Crippen LogP contribution in [-0.4, -0.2) is 21.9 Å². The van der Waals surface area contributed by atoms with Gasteiger partial charge in [0, 0.05) is 0 Å². The second-order valence-electron chi connectivity index (χ2n) is 0. The Kier molecular flexibility index (Phi) is 7100. The number of hydrogen-bond acceptors (Lipinski definition) is 4. The summed E-state index contributed by atoms with van der Waals surface area (Å²) in [5, 5.41) is 0. The molecule has 0 aromatic heterocycles. The van der Waals surface area contributed by atoms with Crippen LogP contribution in [0.4, 0.5) is 0 Å². The predicted molar refractivity (Wildman–Crippen MR) is 8.43 cm³/mol. The first kappa shape index (κ1) is 295. The molecule has 0 bridgehead atoms. The molecule has 9 heavy (non-hydrogen) atoms. The maximum Gasteiger partial charge on any atom is 2.00 e. The van der Waals surface area contributed by atoms with E-state index >= 15 is 0 Å². The minimum absolute atomic E-state index is 0. The van der Waals surface area contributed by atoms with Crippen molar-refractivity contribution in [2.45, 2.75) is 0 Å². The molecule has 5 nitrogen and oxygen atoms in total. The average Bonchev–Trinajstić information content (AvgIpc) is 0. The summed E-state index contributed by atoms with van der Waals surface area (Å²) < 4.78 is 0. The predicted octanol–water partition coefficient (Wildman–Crippen LogP) is -0.836. The Morgan fingerprint density at radius 3 is 0.444 bits per heavy atom. The zero-order chi connectivity index (χ0) is 0. The fourth-order valence-corrected chi connectivity index (χ4v) is 0. The molecule has 0 fully saturated rings. The van der Waals surface area contributed by atoms with Crippen LogP contribution in [0, 0.1) is 0 Å². The van der Waals surface area contributed by atoms with Gasteiger partial charge in [-0.3, -0.25) is 0 Å². The molecule has 0 heterocycles. The number of hydrogen-bond donors (Lipinski definition) is 0. The molecule has 0 rings (SSSR count). The zero-order valence-corrected chi connectivity index (χ0v) is 8.05. The Morgan fingerprint density at radius 2 is 0.444 bits per heavy atom. The molecule has 0 amide bonds. The molecule has 0 radical (unpaired) electrons. The first-order valence-electron chi connectivity index (χ1n) is 0. The van der Waals surface area contributed by atoms with Crippen LogP contribution in [0.15, 0.2) is 0 Å². The van der Waals surface area contributed by atoms with E-state index in [1.54, 1.807) is 0 Å². The van der Waals surface area contributed by atoms with E-state index < -0.39 is 0 Å². The van der Waals surface area contributed by atoms with Crippen LogP contribution in [0.25, 0.3) is 0 Å². The summed E-state index contributed by atoms with van der Waals surface area (Å²) in [6.45, 7) is 0. The second kappa shape index (κ2) is 217. The Labute approximate surface area is 95.7 Å². The molecule has 0 aromatic rings. The van der Waals surface area contributed by atoms with Crippen molar-refractivity contribution in [3.63, 3.8) is 0 Å². The third-order valence-electron chi connectivity index (χ3n) is 0. The van der Waals surface area contributed by atoms with Crippen LogP contribution in [0.3, 0.4) is 0 Å². The molecule has 0 aromatic carbocycles. The van der Waals surface area contributed by atoms with Crippen LogP contribution >= 0.6 is 0 Å². The Bertz CT molecular complexity index is 12.9. The van der Waals surface area contributed by atoms with Crippen molar-refractivity contribution in [1.82, 2.24) is 0 Å². The van der Waals surface area contributed by atoms with Crippen LogP contribution in [0.2, 0.25) is 0 Å². The van der Waals surface area contributed by atoms with E-state index in [9.17, 15) is 0 Å². The smallest absolute Gasteiger partial charge is 2.00 e. The van der Waals surface area contributed by atoms with E-state index in [0.717, 1.165) is 0 Å². The molecule has 0 aliphatic rings. The molecule has 0 spiro atoms. The van der Waals surface area contributed by atoms with Crippen molar-refractivity contribution in [3.05, 3.63) is 0 Å². The van der Waals surface area contributed by atoms with E-state index in [4.69, 9.17) is 0 Å². The van der Waals surface area contributed by atoms with Gasteiger partial charge in [-0.1, -0.05) is 0 Å². The van der Waals surface area contributed by atoms with Crippen molar-refractivity contribution in [2.24, 2.45) is 0 Å². The average molecular weight is 315 g/mol. The van der Waals surface area contributed by atoms with Gasteiger partial charge in [0.25, 0.3) is 0 Å². The molecule has 0 aliphatic carbocycles. The molecular formula is H4Cr2Cu2O5. The van der Waals surface area contributed by atoms with E-state index in [2.05, 4.69) is 0 Å². The summed E-state index contributed by atoms with van der Waals surface area (Å²) in [7, 11) is 0. The topological polar surface area (TPSA) is 148 Å². The van der Waals surface area contributed by atoms with Gasteiger partial charge in [0.2, 0.25) is 0 Å². The van der Waals surface area contributed by atoms with Crippen molar-refractivity contribution >= 4 is 0 Å². The van der Waals surface area contributed by atoms with E-state index in [1.807, 2.05) is 0 Å². The van der Waals surface area contributed by atoms with Crippen molar-refractivity contribution in [3.8, 4) is 0 Å². The second-order valence-corrected chi connectivity index (χ2v) is 0. The Hall–Kier alpha value is 1.90. The van der Waals surface area contributed by atoms with Gasteiger partial charge in [0.1, 0.15) is 0 Å². The van der Waals surface area contributed by atoms with Gasteiger partial charge in [-0.25, -0.2) is 0 Å². The van der Waals surface area contributed by atoms with Gasteiger partial charge < -0.3 is 27.4 Å². The monoisotopic (exact) mass is 314 g/mol. The minimum Gasteiger partial charge on any atom is -2.00 e. The summed E-state index contributed by atoms with van der Waals surface area (Å²) in [6.07, 6.45) is 0. The van der Waals surface area contributed by atoms with E-state index in [0.29, 0.717) is 0 Å². The third-order valence-corrected chi connectivity index (χ3v) is 0. The fourth-order valence-electron chi connectivity index (χ4n) is 0. The zero-order valence-electron chi connectivity index (χ0n) is 3.62. The fraction of sp³-hybridized carbons (Fsp3) is 0. The summed E-state index contributed by atoms with van der Waals surface area (Å²) in [6, 6.07) is 0.